The molecule has 0 aliphatic rings. The number of aryl methyl sites for hydroxylation is 2. The van der Waals surface area contributed by atoms with E-state index in [0.29, 0.717) is 5.75 Å². The van der Waals surface area contributed by atoms with E-state index in [0.717, 1.165) is 20.9 Å². The number of amides is 1. The molecule has 0 spiro atoms. The molecule has 24 heavy (non-hydrogen) atoms. The summed E-state index contributed by atoms with van der Waals surface area (Å²) >= 11 is 4.80. The van der Waals surface area contributed by atoms with Crippen LogP contribution in [0.15, 0.2) is 40.5 Å². The van der Waals surface area contributed by atoms with Crippen LogP contribution in [0.1, 0.15) is 10.4 Å². The van der Waals surface area contributed by atoms with Gasteiger partial charge in [0.2, 0.25) is 5.91 Å². The van der Waals surface area contributed by atoms with Gasteiger partial charge in [0.15, 0.2) is 0 Å². The highest BCUT2D eigenvalue weighted by molar-refractivity contribution is 8.00. The first-order valence-corrected chi connectivity index (χ1v) is 10.4. The van der Waals surface area contributed by atoms with E-state index in [1.807, 2.05) is 30.5 Å². The van der Waals surface area contributed by atoms with Gasteiger partial charge < -0.3 is 5.32 Å². The average molecular weight is 376 g/mol. The van der Waals surface area contributed by atoms with Gasteiger partial charge in [-0.2, -0.15) is 0 Å². The van der Waals surface area contributed by atoms with E-state index in [9.17, 15) is 4.79 Å². The zero-order valence-corrected chi connectivity index (χ0v) is 16.1. The first-order chi connectivity index (χ1) is 11.6. The number of hydrogen-bond acceptors (Lipinski definition) is 6. The Balaban J connectivity index is 1.68. The summed E-state index contributed by atoms with van der Waals surface area (Å²) in [5.74, 6) is 0.290. The minimum atomic E-state index is -0.0340. The normalized spacial score (nSPS) is 11.0. The molecule has 0 saturated heterocycles. The van der Waals surface area contributed by atoms with Crippen LogP contribution < -0.4 is 5.32 Å². The lowest BCUT2D eigenvalue weighted by atomic mass is 10.2. The Bertz CT molecular complexity index is 875. The second kappa shape index (κ2) is 7.55. The molecule has 2 aromatic heterocycles. The van der Waals surface area contributed by atoms with E-state index >= 15 is 0 Å². The van der Waals surface area contributed by atoms with Crippen molar-refractivity contribution in [2.45, 2.75) is 23.8 Å². The van der Waals surface area contributed by atoms with Crippen LogP contribution in [-0.4, -0.2) is 27.9 Å². The molecule has 0 aliphatic carbocycles. The van der Waals surface area contributed by atoms with Gasteiger partial charge in [0.25, 0.3) is 0 Å². The highest BCUT2D eigenvalue weighted by atomic mass is 32.2. The number of carbonyl (C=O) groups is 1. The smallest absolute Gasteiger partial charge is 0.234 e. The summed E-state index contributed by atoms with van der Waals surface area (Å²) in [5, 5.41) is 4.86. The third-order valence-electron chi connectivity index (χ3n) is 3.64. The van der Waals surface area contributed by atoms with Gasteiger partial charge in [-0.3, -0.25) is 4.79 Å². The molecule has 0 bridgehead atoms. The molecule has 1 N–H and O–H groups in total. The number of nitrogens with zero attached hydrogens (tertiary/aromatic N) is 2. The first kappa shape index (κ1) is 17.3. The van der Waals surface area contributed by atoms with Gasteiger partial charge in [-0.05, 0) is 49.9 Å². The van der Waals surface area contributed by atoms with E-state index in [-0.39, 0.29) is 5.91 Å². The van der Waals surface area contributed by atoms with E-state index in [2.05, 4.69) is 29.1 Å². The molecule has 0 aliphatic heterocycles. The van der Waals surface area contributed by atoms with Crippen LogP contribution in [0.3, 0.4) is 0 Å². The minimum Gasteiger partial charge on any atom is -0.325 e. The molecule has 1 aromatic carbocycles. The van der Waals surface area contributed by atoms with Crippen LogP contribution in [0.2, 0.25) is 0 Å². The second-order valence-corrected chi connectivity index (χ2v) is 8.25. The van der Waals surface area contributed by atoms with Gasteiger partial charge in [0, 0.05) is 20.8 Å². The summed E-state index contributed by atoms with van der Waals surface area (Å²) in [7, 11) is 0. The van der Waals surface area contributed by atoms with E-state index in [4.69, 9.17) is 0 Å². The Morgan fingerprint density at radius 3 is 2.67 bits per heavy atom. The zero-order chi connectivity index (χ0) is 17.1. The van der Waals surface area contributed by atoms with Gasteiger partial charge in [-0.1, -0.05) is 11.8 Å². The van der Waals surface area contributed by atoms with Crippen LogP contribution in [-0.2, 0) is 4.79 Å². The van der Waals surface area contributed by atoms with Gasteiger partial charge in [-0.25, -0.2) is 9.97 Å². The number of thiophene rings is 1. The summed E-state index contributed by atoms with van der Waals surface area (Å²) in [6, 6.07) is 7.84. The van der Waals surface area contributed by atoms with Crippen LogP contribution in [0, 0.1) is 13.8 Å². The van der Waals surface area contributed by atoms with Crippen molar-refractivity contribution in [3.8, 4) is 0 Å². The number of fused-ring (bicyclic) bond motifs is 1. The number of carbonyl (C=O) groups excluding carboxylic acids is 1. The largest absolute Gasteiger partial charge is 0.325 e. The molecule has 4 nitrogen and oxygen atoms in total. The maximum atomic E-state index is 12.2. The average Bonchev–Trinajstić information content (AvgIpc) is 2.89. The van der Waals surface area contributed by atoms with Gasteiger partial charge >= 0.3 is 0 Å². The summed E-state index contributed by atoms with van der Waals surface area (Å²) in [5.41, 5.74) is 2.01. The molecule has 0 radical (unpaired) electrons. The van der Waals surface area contributed by atoms with E-state index in [1.165, 1.54) is 27.1 Å². The summed E-state index contributed by atoms with van der Waals surface area (Å²) in [6.07, 6.45) is 3.60. The molecule has 3 aromatic rings. The minimum absolute atomic E-state index is 0.0340. The SMILES string of the molecule is CSc1ccc(NC(=O)CSc2ncnc3sc(C)c(C)c23)cc1. The Morgan fingerprint density at radius 2 is 1.96 bits per heavy atom. The number of thioether (sulfide) groups is 2. The van der Waals surface area contributed by atoms with Crippen molar-refractivity contribution in [3.05, 3.63) is 41.0 Å². The molecule has 124 valence electrons. The van der Waals surface area contributed by atoms with Crippen LogP contribution in [0.25, 0.3) is 10.2 Å². The zero-order valence-electron chi connectivity index (χ0n) is 13.6. The molecule has 0 unspecified atom stereocenters. The standard InChI is InChI=1S/C17H17N3OS3/c1-10-11(2)24-17-15(10)16(18-9-19-17)23-8-14(21)20-12-4-6-13(22-3)7-5-12/h4-7,9H,8H2,1-3H3,(H,20,21). The number of benzene rings is 1. The summed E-state index contributed by atoms with van der Waals surface area (Å²) in [4.78, 5) is 24.3. The Labute approximate surface area is 153 Å². The molecule has 0 saturated carbocycles. The molecular weight excluding hydrogens is 358 g/mol. The van der Waals surface area contributed by atoms with Gasteiger partial charge in [0.1, 0.15) is 16.2 Å². The lowest BCUT2D eigenvalue weighted by Crippen LogP contribution is -2.14. The highest BCUT2D eigenvalue weighted by Gasteiger charge is 2.13. The fourth-order valence-corrected chi connectivity index (χ4v) is 4.59. The number of rotatable bonds is 5. The number of aromatic nitrogens is 2. The molecule has 0 fully saturated rings. The van der Waals surface area contributed by atoms with E-state index in [1.54, 1.807) is 29.4 Å². The van der Waals surface area contributed by atoms with Gasteiger partial charge in [0.05, 0.1) is 5.75 Å². The number of hydrogen-bond donors (Lipinski definition) is 1. The Kier molecular flexibility index (Phi) is 5.43. The topological polar surface area (TPSA) is 54.9 Å². The second-order valence-electron chi connectivity index (χ2n) is 5.21. The van der Waals surface area contributed by atoms with Crippen LogP contribution in [0.4, 0.5) is 5.69 Å². The Morgan fingerprint density at radius 1 is 1.21 bits per heavy atom. The van der Waals surface area contributed by atoms with Crippen molar-refractivity contribution in [3.63, 3.8) is 0 Å². The maximum Gasteiger partial charge on any atom is 0.234 e. The molecule has 2 heterocycles. The molecule has 7 heteroatoms. The Hall–Kier alpha value is -1.57. The van der Waals surface area contributed by atoms with Crippen molar-refractivity contribution in [2.24, 2.45) is 0 Å². The molecule has 3 rings (SSSR count). The number of nitrogens with one attached hydrogen (secondary N) is 1. The monoisotopic (exact) mass is 375 g/mol. The number of anilines is 1. The van der Waals surface area contributed by atoms with Crippen molar-refractivity contribution in [2.75, 3.05) is 17.3 Å². The third kappa shape index (κ3) is 3.74. The van der Waals surface area contributed by atoms with Crippen LogP contribution >= 0.6 is 34.9 Å². The first-order valence-electron chi connectivity index (χ1n) is 7.36. The van der Waals surface area contributed by atoms with Crippen molar-refractivity contribution in [1.29, 1.82) is 0 Å². The molecular formula is C17H17N3OS3. The lowest BCUT2D eigenvalue weighted by molar-refractivity contribution is -0.113. The van der Waals surface area contributed by atoms with E-state index < -0.39 is 0 Å². The summed E-state index contributed by atoms with van der Waals surface area (Å²) < 4.78 is 0. The lowest BCUT2D eigenvalue weighted by Gasteiger charge is -2.06. The molecule has 1 amide bonds. The van der Waals surface area contributed by atoms with Crippen molar-refractivity contribution < 1.29 is 4.79 Å². The van der Waals surface area contributed by atoms with Gasteiger partial charge in [-0.15, -0.1) is 23.1 Å². The summed E-state index contributed by atoms with van der Waals surface area (Å²) in [6.45, 7) is 4.16. The third-order valence-corrected chi connectivity index (χ3v) is 6.49. The van der Waals surface area contributed by atoms with Crippen molar-refractivity contribution >= 4 is 56.7 Å². The predicted octanol–water partition coefficient (Wildman–Crippen LogP) is 4.76. The highest BCUT2D eigenvalue weighted by Crippen LogP contribution is 2.34. The predicted molar refractivity (Wildman–Crippen MR) is 104 cm³/mol. The van der Waals surface area contributed by atoms with Crippen LogP contribution in [0.5, 0.6) is 0 Å². The quantitative estimate of drug-likeness (QED) is 0.515. The fourth-order valence-electron chi connectivity index (χ4n) is 2.26. The fraction of sp³-hybridized carbons (Fsp3) is 0.235. The maximum absolute atomic E-state index is 12.2. The van der Waals surface area contributed by atoms with Crippen molar-refractivity contribution in [1.82, 2.24) is 9.97 Å². The molecule has 0 atom stereocenters.